The number of oxazole rings is 2. The molecule has 0 amide bonds. The molecule has 11 rings (SSSR count). The lowest BCUT2D eigenvalue weighted by molar-refractivity contribution is 0.617. The van der Waals surface area contributed by atoms with Crippen molar-refractivity contribution in [2.75, 3.05) is 0 Å². The Hall–Kier alpha value is -6.30. The third kappa shape index (κ3) is 3.97. The minimum atomic E-state index is -2.00. The predicted molar refractivity (Wildman–Crippen MR) is 212 cm³/mol. The molecule has 0 bridgehead atoms. The van der Waals surface area contributed by atoms with Gasteiger partial charge in [0.15, 0.2) is 11.2 Å². The van der Waals surface area contributed by atoms with Crippen LogP contribution in [0.1, 0.15) is 22.3 Å². The molecule has 1 aliphatic heterocycles. The van der Waals surface area contributed by atoms with Gasteiger partial charge >= 0.3 is 0 Å². The van der Waals surface area contributed by atoms with E-state index in [0.717, 1.165) is 44.5 Å². The quantitative estimate of drug-likeness (QED) is 0.174. The van der Waals surface area contributed by atoms with Crippen molar-refractivity contribution >= 4 is 40.6 Å². The smallest absolute Gasteiger partial charge is 0.227 e. The molecule has 5 heteroatoms. The zero-order valence-corrected chi connectivity index (χ0v) is 29.7. The highest BCUT2D eigenvalue weighted by Gasteiger charge is 2.53. The molecule has 4 nitrogen and oxygen atoms in total. The molecule has 3 heterocycles. The molecule has 1 spiro atoms. The van der Waals surface area contributed by atoms with Gasteiger partial charge in [0.05, 0.1) is 5.41 Å². The number of aromatic nitrogens is 2. The fourth-order valence-corrected chi connectivity index (χ4v) is 12.3. The predicted octanol–water partition coefficient (Wildman–Crippen LogP) is 10.5. The monoisotopic (exact) mass is 684 g/mol. The van der Waals surface area contributed by atoms with E-state index in [1.165, 1.54) is 43.8 Å². The highest BCUT2D eigenvalue weighted by molar-refractivity contribution is 7.01. The van der Waals surface area contributed by atoms with E-state index in [0.29, 0.717) is 11.8 Å². The Kier molecular flexibility index (Phi) is 6.00. The molecule has 246 valence electrons. The van der Waals surface area contributed by atoms with E-state index in [9.17, 15) is 0 Å². The minimum Gasteiger partial charge on any atom is -0.436 e. The largest absolute Gasteiger partial charge is 0.436 e. The average Bonchev–Trinajstić information content (AvgIpc) is 3.90. The maximum atomic E-state index is 6.34. The highest BCUT2D eigenvalue weighted by atomic mass is 28.3. The first-order valence-electron chi connectivity index (χ1n) is 17.8. The van der Waals surface area contributed by atoms with Gasteiger partial charge < -0.3 is 8.83 Å². The number of benzene rings is 7. The molecule has 2 aliphatic rings. The first-order valence-corrected chi connectivity index (χ1v) is 20.8. The van der Waals surface area contributed by atoms with Crippen molar-refractivity contribution in [3.8, 4) is 45.2 Å². The lowest BCUT2D eigenvalue weighted by Gasteiger charge is -2.46. The molecule has 0 fully saturated rings. The van der Waals surface area contributed by atoms with Crippen molar-refractivity contribution in [2.45, 2.75) is 18.5 Å². The Bertz CT molecular complexity index is 2710. The van der Waals surface area contributed by atoms with Crippen LogP contribution in [0, 0.1) is 0 Å². The third-order valence-electron chi connectivity index (χ3n) is 11.4. The van der Waals surface area contributed by atoms with Crippen LogP contribution in [-0.2, 0) is 5.41 Å². The summed E-state index contributed by atoms with van der Waals surface area (Å²) in [4.78, 5) is 9.80. The van der Waals surface area contributed by atoms with Gasteiger partial charge in [-0.3, -0.25) is 0 Å². The van der Waals surface area contributed by atoms with E-state index in [2.05, 4.69) is 122 Å². The van der Waals surface area contributed by atoms with Crippen LogP contribution in [0.5, 0.6) is 0 Å². The van der Waals surface area contributed by atoms with Crippen molar-refractivity contribution in [2.24, 2.45) is 0 Å². The van der Waals surface area contributed by atoms with E-state index < -0.39 is 13.5 Å². The number of fused-ring (bicyclic) bond motifs is 11. The summed E-state index contributed by atoms with van der Waals surface area (Å²) in [6.07, 6.45) is 0. The Balaban J connectivity index is 1.19. The van der Waals surface area contributed by atoms with Gasteiger partial charge in [-0.05, 0) is 103 Å². The summed E-state index contributed by atoms with van der Waals surface area (Å²) in [5.74, 6) is 1.13. The summed E-state index contributed by atoms with van der Waals surface area (Å²) < 4.78 is 12.7. The summed E-state index contributed by atoms with van der Waals surface area (Å²) in [5, 5.41) is 3.00. The second-order valence-electron chi connectivity index (χ2n) is 14.5. The van der Waals surface area contributed by atoms with E-state index in [1.54, 1.807) is 0 Å². The van der Waals surface area contributed by atoms with Gasteiger partial charge in [-0.15, -0.1) is 0 Å². The second kappa shape index (κ2) is 10.6. The summed E-state index contributed by atoms with van der Waals surface area (Å²) >= 11 is 0. The Morgan fingerprint density at radius 1 is 0.423 bits per heavy atom. The van der Waals surface area contributed by atoms with Crippen LogP contribution in [0.15, 0.2) is 167 Å². The Morgan fingerprint density at radius 2 is 0.904 bits per heavy atom. The molecule has 1 aliphatic carbocycles. The van der Waals surface area contributed by atoms with Crippen molar-refractivity contribution in [1.29, 1.82) is 0 Å². The van der Waals surface area contributed by atoms with Crippen LogP contribution in [0.3, 0.4) is 0 Å². The summed E-state index contributed by atoms with van der Waals surface area (Å²) in [6.45, 7) is 5.00. The van der Waals surface area contributed by atoms with Crippen molar-refractivity contribution < 1.29 is 8.83 Å². The zero-order chi connectivity index (χ0) is 34.6. The standard InChI is InChI=1S/C47H32N2O2Si/c1-52(2)43-21-11-5-15-36(43)47(37-16-6-12-22-44(37)52)35-14-4-3-13-33(35)34-24-23-29(28-38(34)47)30-25-31(45-48-39-17-7-9-19-41(39)50-45)27-32(26-30)46-49-40-18-8-10-20-42(40)51-46/h3-28H,1-2H3. The molecule has 0 N–H and O–H groups in total. The van der Waals surface area contributed by atoms with Crippen LogP contribution in [0.25, 0.3) is 67.4 Å². The summed E-state index contributed by atoms with van der Waals surface area (Å²) in [5.41, 5.74) is 14.6. The van der Waals surface area contributed by atoms with Crippen LogP contribution in [0.4, 0.5) is 0 Å². The van der Waals surface area contributed by atoms with Crippen LogP contribution >= 0.6 is 0 Å². The molecule has 52 heavy (non-hydrogen) atoms. The van der Waals surface area contributed by atoms with Crippen LogP contribution < -0.4 is 10.4 Å². The van der Waals surface area contributed by atoms with E-state index >= 15 is 0 Å². The molecule has 0 saturated heterocycles. The number of nitrogens with zero attached hydrogens (tertiary/aromatic N) is 2. The number of para-hydroxylation sites is 4. The maximum absolute atomic E-state index is 6.34. The minimum absolute atomic E-state index is 0.446. The lowest BCUT2D eigenvalue weighted by Crippen LogP contribution is -2.63. The van der Waals surface area contributed by atoms with Crippen molar-refractivity contribution in [3.63, 3.8) is 0 Å². The van der Waals surface area contributed by atoms with Crippen LogP contribution in [0.2, 0.25) is 13.1 Å². The van der Waals surface area contributed by atoms with Gasteiger partial charge in [0.1, 0.15) is 19.1 Å². The molecular formula is C47H32N2O2Si. The Labute approximate surface area is 302 Å². The molecule has 0 unspecified atom stereocenters. The SMILES string of the molecule is C[Si]1(C)c2ccccc2C2(c3ccccc3-c3ccc(-c4cc(-c5nc6ccccc6o5)cc(-c5nc6ccccc6o5)c4)cc32)c2ccccc21. The van der Waals surface area contributed by atoms with Gasteiger partial charge in [0, 0.05) is 11.1 Å². The average molecular weight is 685 g/mol. The first kappa shape index (κ1) is 29.4. The van der Waals surface area contributed by atoms with E-state index in [1.807, 2.05) is 48.5 Å². The van der Waals surface area contributed by atoms with Crippen LogP contribution in [-0.4, -0.2) is 18.0 Å². The summed E-state index contributed by atoms with van der Waals surface area (Å²) in [7, 11) is -2.00. The van der Waals surface area contributed by atoms with Gasteiger partial charge in [-0.2, -0.15) is 0 Å². The highest BCUT2D eigenvalue weighted by Crippen LogP contribution is 2.57. The molecule has 2 aromatic heterocycles. The van der Waals surface area contributed by atoms with E-state index in [4.69, 9.17) is 18.8 Å². The normalized spacial score (nSPS) is 14.7. The van der Waals surface area contributed by atoms with Gasteiger partial charge in [-0.1, -0.05) is 122 Å². The van der Waals surface area contributed by atoms with Crippen molar-refractivity contribution in [1.82, 2.24) is 9.97 Å². The molecule has 0 atom stereocenters. The number of rotatable bonds is 3. The lowest BCUT2D eigenvalue weighted by atomic mass is 9.67. The molecular weight excluding hydrogens is 653 g/mol. The van der Waals surface area contributed by atoms with Gasteiger partial charge in [0.2, 0.25) is 11.8 Å². The Morgan fingerprint density at radius 3 is 1.50 bits per heavy atom. The second-order valence-corrected chi connectivity index (χ2v) is 18.9. The number of hydrogen-bond acceptors (Lipinski definition) is 4. The first-order chi connectivity index (χ1) is 25.5. The fraction of sp³-hybridized carbons (Fsp3) is 0.0638. The van der Waals surface area contributed by atoms with Gasteiger partial charge in [0.25, 0.3) is 0 Å². The van der Waals surface area contributed by atoms with E-state index in [-0.39, 0.29) is 0 Å². The fourth-order valence-electron chi connectivity index (χ4n) is 9.07. The van der Waals surface area contributed by atoms with Gasteiger partial charge in [-0.25, -0.2) is 9.97 Å². The molecule has 9 aromatic rings. The molecule has 7 aromatic carbocycles. The number of hydrogen-bond donors (Lipinski definition) is 0. The topological polar surface area (TPSA) is 52.1 Å². The zero-order valence-electron chi connectivity index (χ0n) is 28.7. The molecule has 0 saturated carbocycles. The molecule has 0 radical (unpaired) electrons. The maximum Gasteiger partial charge on any atom is 0.227 e. The third-order valence-corrected chi connectivity index (χ3v) is 15.0. The summed E-state index contributed by atoms with van der Waals surface area (Å²) in [6, 6.07) is 56.7. The van der Waals surface area contributed by atoms with Crippen molar-refractivity contribution in [3.05, 3.63) is 180 Å².